The van der Waals surface area contributed by atoms with E-state index in [-0.39, 0.29) is 12.3 Å². The number of carboxylic acids is 1. The molecule has 0 aromatic carbocycles. The van der Waals surface area contributed by atoms with E-state index in [0.29, 0.717) is 19.2 Å². The maximum absolute atomic E-state index is 12.0. The Kier molecular flexibility index (Phi) is 5.33. The van der Waals surface area contributed by atoms with Crippen LogP contribution in [0.1, 0.15) is 19.3 Å². The molecule has 7 heteroatoms. The van der Waals surface area contributed by atoms with Gasteiger partial charge in [0.25, 0.3) is 0 Å². The van der Waals surface area contributed by atoms with E-state index in [0.717, 1.165) is 39.1 Å². The fourth-order valence-electron chi connectivity index (χ4n) is 2.74. The van der Waals surface area contributed by atoms with Crippen molar-refractivity contribution in [3.05, 3.63) is 0 Å². The number of carbonyl (C=O) groups excluding carboxylic acids is 1. The average molecular weight is 285 g/mol. The van der Waals surface area contributed by atoms with Crippen LogP contribution in [0.25, 0.3) is 0 Å². The number of hydrogen-bond acceptors (Lipinski definition) is 5. The van der Waals surface area contributed by atoms with Gasteiger partial charge in [-0.25, -0.2) is 0 Å². The van der Waals surface area contributed by atoms with Crippen molar-refractivity contribution in [2.24, 2.45) is 5.73 Å². The lowest BCUT2D eigenvalue weighted by Crippen LogP contribution is -2.54. The van der Waals surface area contributed by atoms with Gasteiger partial charge < -0.3 is 20.5 Å². The first-order valence-corrected chi connectivity index (χ1v) is 7.16. The molecule has 2 aliphatic rings. The summed E-state index contributed by atoms with van der Waals surface area (Å²) in [5, 5.41) is 8.66. The van der Waals surface area contributed by atoms with E-state index in [4.69, 9.17) is 15.6 Å². The second-order valence-electron chi connectivity index (χ2n) is 5.47. The summed E-state index contributed by atoms with van der Waals surface area (Å²) >= 11 is 0. The molecular weight excluding hydrogens is 262 g/mol. The number of carboxylic acid groups (broad SMARTS) is 1. The summed E-state index contributed by atoms with van der Waals surface area (Å²) in [5.74, 6) is -1.30. The lowest BCUT2D eigenvalue weighted by molar-refractivity contribution is -0.142. The molecule has 0 spiro atoms. The maximum Gasteiger partial charge on any atom is 0.305 e. The number of rotatable bonds is 5. The first-order valence-electron chi connectivity index (χ1n) is 7.16. The molecule has 0 bridgehead atoms. The van der Waals surface area contributed by atoms with E-state index in [9.17, 15) is 9.59 Å². The fraction of sp³-hybridized carbons (Fsp3) is 0.846. The van der Waals surface area contributed by atoms with Crippen molar-refractivity contribution in [3.63, 3.8) is 0 Å². The number of ether oxygens (including phenoxy) is 1. The van der Waals surface area contributed by atoms with E-state index in [1.54, 1.807) is 4.90 Å². The third-order valence-electron chi connectivity index (χ3n) is 3.88. The van der Waals surface area contributed by atoms with Crippen LogP contribution in [-0.4, -0.2) is 78.3 Å². The molecule has 0 radical (unpaired) electrons. The minimum atomic E-state index is -1.04. The third kappa shape index (κ3) is 4.16. The number of nitrogens with zero attached hydrogens (tertiary/aromatic N) is 2. The molecule has 7 nitrogen and oxygen atoms in total. The van der Waals surface area contributed by atoms with E-state index >= 15 is 0 Å². The van der Waals surface area contributed by atoms with Crippen molar-refractivity contribution >= 4 is 11.9 Å². The van der Waals surface area contributed by atoms with Gasteiger partial charge >= 0.3 is 5.97 Å². The molecule has 0 aromatic heterocycles. The number of carbonyl (C=O) groups is 2. The van der Waals surface area contributed by atoms with Gasteiger partial charge in [-0.15, -0.1) is 0 Å². The molecule has 2 fully saturated rings. The van der Waals surface area contributed by atoms with Crippen molar-refractivity contribution in [2.75, 3.05) is 39.3 Å². The van der Waals surface area contributed by atoms with E-state index in [1.165, 1.54) is 0 Å². The molecule has 0 aromatic rings. The molecule has 3 N–H and O–H groups in total. The van der Waals surface area contributed by atoms with Crippen LogP contribution in [0.2, 0.25) is 0 Å². The molecule has 2 unspecified atom stereocenters. The minimum Gasteiger partial charge on any atom is -0.481 e. The Balaban J connectivity index is 1.72. The highest BCUT2D eigenvalue weighted by Crippen LogP contribution is 2.14. The van der Waals surface area contributed by atoms with Crippen molar-refractivity contribution in [2.45, 2.75) is 31.4 Å². The molecule has 114 valence electrons. The topological polar surface area (TPSA) is 96.1 Å². The van der Waals surface area contributed by atoms with E-state index in [2.05, 4.69) is 4.90 Å². The Bertz CT molecular complexity index is 350. The maximum atomic E-state index is 12.0. The minimum absolute atomic E-state index is 0.260. The zero-order valence-electron chi connectivity index (χ0n) is 11.7. The highest BCUT2D eigenvalue weighted by atomic mass is 16.5. The summed E-state index contributed by atoms with van der Waals surface area (Å²) in [5.41, 5.74) is 5.61. The van der Waals surface area contributed by atoms with Crippen LogP contribution in [0, 0.1) is 0 Å². The molecule has 2 rings (SSSR count). The molecule has 2 saturated heterocycles. The second-order valence-corrected chi connectivity index (χ2v) is 5.47. The Morgan fingerprint density at radius 3 is 2.55 bits per heavy atom. The first-order chi connectivity index (χ1) is 9.56. The standard InChI is InChI=1S/C13H23N3O4/c14-11(8-12(17)18)13(19)16-5-3-15(4-6-16)9-10-2-1-7-20-10/h10-11H,1-9,14H2,(H,17,18). The average Bonchev–Trinajstić information content (AvgIpc) is 2.91. The summed E-state index contributed by atoms with van der Waals surface area (Å²) < 4.78 is 5.60. The van der Waals surface area contributed by atoms with Gasteiger partial charge in [0.2, 0.25) is 5.91 Å². The van der Waals surface area contributed by atoms with Gasteiger partial charge in [0, 0.05) is 39.3 Å². The van der Waals surface area contributed by atoms with E-state index < -0.39 is 12.0 Å². The normalized spacial score (nSPS) is 25.6. The van der Waals surface area contributed by atoms with Crippen LogP contribution >= 0.6 is 0 Å². The molecule has 0 aliphatic carbocycles. The zero-order chi connectivity index (χ0) is 14.5. The van der Waals surface area contributed by atoms with Gasteiger partial charge in [-0.1, -0.05) is 0 Å². The van der Waals surface area contributed by atoms with Crippen LogP contribution in [-0.2, 0) is 14.3 Å². The molecule has 20 heavy (non-hydrogen) atoms. The van der Waals surface area contributed by atoms with Gasteiger partial charge in [0.05, 0.1) is 18.6 Å². The molecule has 0 saturated carbocycles. The van der Waals surface area contributed by atoms with Crippen molar-refractivity contribution in [1.29, 1.82) is 0 Å². The first kappa shape index (κ1) is 15.2. The van der Waals surface area contributed by atoms with E-state index in [1.807, 2.05) is 0 Å². The summed E-state index contributed by atoms with van der Waals surface area (Å²) in [6, 6.07) is -0.933. The van der Waals surface area contributed by atoms with Crippen LogP contribution < -0.4 is 5.73 Å². The molecule has 2 heterocycles. The number of amides is 1. The Morgan fingerprint density at radius 1 is 1.30 bits per heavy atom. The number of aliphatic carboxylic acids is 1. The monoisotopic (exact) mass is 285 g/mol. The second kappa shape index (κ2) is 7.01. The van der Waals surface area contributed by atoms with Crippen LogP contribution in [0.15, 0.2) is 0 Å². The predicted octanol–water partition coefficient (Wildman–Crippen LogP) is -0.888. The summed E-state index contributed by atoms with van der Waals surface area (Å²) in [6.45, 7) is 4.59. The summed E-state index contributed by atoms with van der Waals surface area (Å²) in [6.07, 6.45) is 2.26. The van der Waals surface area contributed by atoms with Crippen molar-refractivity contribution in [1.82, 2.24) is 9.80 Å². The molecular formula is C13H23N3O4. The van der Waals surface area contributed by atoms with Crippen LogP contribution in [0.5, 0.6) is 0 Å². The van der Waals surface area contributed by atoms with Crippen molar-refractivity contribution < 1.29 is 19.4 Å². The largest absolute Gasteiger partial charge is 0.481 e. The Labute approximate surface area is 118 Å². The zero-order valence-corrected chi connectivity index (χ0v) is 11.7. The van der Waals surface area contributed by atoms with Gasteiger partial charge in [-0.05, 0) is 12.8 Å². The summed E-state index contributed by atoms with van der Waals surface area (Å²) in [7, 11) is 0. The predicted molar refractivity (Wildman–Crippen MR) is 72.2 cm³/mol. The quantitative estimate of drug-likeness (QED) is 0.680. The fourth-order valence-corrected chi connectivity index (χ4v) is 2.74. The third-order valence-corrected chi connectivity index (χ3v) is 3.88. The number of hydrogen-bond donors (Lipinski definition) is 2. The lowest BCUT2D eigenvalue weighted by atomic mass is 10.1. The summed E-state index contributed by atoms with van der Waals surface area (Å²) in [4.78, 5) is 26.5. The van der Waals surface area contributed by atoms with Crippen LogP contribution in [0.4, 0.5) is 0 Å². The highest BCUT2D eigenvalue weighted by Gasteiger charge is 2.28. The van der Waals surface area contributed by atoms with Gasteiger partial charge in [0.1, 0.15) is 0 Å². The van der Waals surface area contributed by atoms with Crippen LogP contribution in [0.3, 0.4) is 0 Å². The van der Waals surface area contributed by atoms with Gasteiger partial charge in [-0.2, -0.15) is 0 Å². The number of piperazine rings is 1. The molecule has 2 aliphatic heterocycles. The molecule has 2 atom stereocenters. The molecule has 1 amide bonds. The Morgan fingerprint density at radius 2 is 2.00 bits per heavy atom. The van der Waals surface area contributed by atoms with Gasteiger partial charge in [0.15, 0.2) is 0 Å². The highest BCUT2D eigenvalue weighted by molar-refractivity contribution is 5.86. The lowest BCUT2D eigenvalue weighted by Gasteiger charge is -2.36. The smallest absolute Gasteiger partial charge is 0.305 e. The number of nitrogens with two attached hydrogens (primary N) is 1. The SMILES string of the molecule is NC(CC(=O)O)C(=O)N1CCN(CC2CCCO2)CC1. The van der Waals surface area contributed by atoms with Gasteiger partial charge in [-0.3, -0.25) is 14.5 Å². The van der Waals surface area contributed by atoms with Crippen molar-refractivity contribution in [3.8, 4) is 0 Å². The Hall–Kier alpha value is -1.18.